The predicted molar refractivity (Wildman–Crippen MR) is 126 cm³/mol. The topological polar surface area (TPSA) is 115 Å². The number of nitrogens with zero attached hydrogens (tertiary/aromatic N) is 1. The summed E-state index contributed by atoms with van der Waals surface area (Å²) in [5, 5.41) is 6.22. The standard InChI is InChI=1S/C25H23N3O6/c1-3-33-21-12-6-18(7-13-21)25(31)34-22-10-4-17(5-11-22)16-26-28-24(30)23(29)27-19-8-14-20(32-2)15-9-19/h4-16H,3H2,1-2H3,(H,27,29)(H,28,30). The van der Waals surface area contributed by atoms with Gasteiger partial charge in [-0.2, -0.15) is 5.10 Å². The highest BCUT2D eigenvalue weighted by molar-refractivity contribution is 6.39. The molecule has 0 saturated heterocycles. The normalized spacial score (nSPS) is 10.4. The molecule has 9 nitrogen and oxygen atoms in total. The van der Waals surface area contributed by atoms with E-state index in [9.17, 15) is 14.4 Å². The maximum atomic E-state index is 12.3. The second kappa shape index (κ2) is 11.8. The fourth-order valence-electron chi connectivity index (χ4n) is 2.72. The number of hydrazone groups is 1. The number of carbonyl (C=O) groups excluding carboxylic acids is 3. The van der Waals surface area contributed by atoms with Crippen molar-refractivity contribution < 1.29 is 28.6 Å². The van der Waals surface area contributed by atoms with Crippen molar-refractivity contribution in [1.82, 2.24) is 5.43 Å². The number of hydrogen-bond donors (Lipinski definition) is 2. The molecule has 0 heterocycles. The number of amides is 2. The Bertz CT molecular complexity index is 1160. The monoisotopic (exact) mass is 461 g/mol. The van der Waals surface area contributed by atoms with E-state index >= 15 is 0 Å². The lowest BCUT2D eigenvalue weighted by Gasteiger charge is -2.06. The molecule has 0 aliphatic heterocycles. The average molecular weight is 461 g/mol. The highest BCUT2D eigenvalue weighted by Gasteiger charge is 2.13. The lowest BCUT2D eigenvalue weighted by atomic mass is 10.2. The first kappa shape index (κ1) is 24.0. The smallest absolute Gasteiger partial charge is 0.343 e. The number of ether oxygens (including phenoxy) is 3. The zero-order valence-electron chi connectivity index (χ0n) is 18.6. The largest absolute Gasteiger partial charge is 0.497 e. The van der Waals surface area contributed by atoms with Gasteiger partial charge in [0.1, 0.15) is 17.2 Å². The molecule has 2 N–H and O–H groups in total. The minimum absolute atomic E-state index is 0.346. The van der Waals surface area contributed by atoms with Crippen molar-refractivity contribution in [1.29, 1.82) is 0 Å². The summed E-state index contributed by atoms with van der Waals surface area (Å²) >= 11 is 0. The lowest BCUT2D eigenvalue weighted by molar-refractivity contribution is -0.136. The van der Waals surface area contributed by atoms with Gasteiger partial charge in [0.2, 0.25) is 0 Å². The molecule has 0 unspecified atom stereocenters. The molecule has 34 heavy (non-hydrogen) atoms. The quantitative estimate of drug-likeness (QED) is 0.175. The summed E-state index contributed by atoms with van der Waals surface area (Å²) in [6.45, 7) is 2.42. The zero-order chi connectivity index (χ0) is 24.3. The summed E-state index contributed by atoms with van der Waals surface area (Å²) in [5.74, 6) is -0.637. The van der Waals surface area contributed by atoms with Crippen LogP contribution in [0.25, 0.3) is 0 Å². The van der Waals surface area contributed by atoms with E-state index in [1.807, 2.05) is 6.92 Å². The van der Waals surface area contributed by atoms with E-state index in [-0.39, 0.29) is 0 Å². The highest BCUT2D eigenvalue weighted by Crippen LogP contribution is 2.17. The molecule has 0 saturated carbocycles. The Balaban J connectivity index is 1.48. The summed E-state index contributed by atoms with van der Waals surface area (Å²) in [6.07, 6.45) is 1.36. The Kier molecular flexibility index (Phi) is 8.34. The number of nitrogens with one attached hydrogen (secondary N) is 2. The van der Waals surface area contributed by atoms with Gasteiger partial charge >= 0.3 is 17.8 Å². The van der Waals surface area contributed by atoms with Crippen LogP contribution in [0, 0.1) is 0 Å². The van der Waals surface area contributed by atoms with Crippen molar-refractivity contribution in [2.45, 2.75) is 6.92 Å². The van der Waals surface area contributed by atoms with Gasteiger partial charge in [-0.05, 0) is 85.3 Å². The Labute approximate surface area is 196 Å². The molecule has 174 valence electrons. The van der Waals surface area contributed by atoms with Crippen LogP contribution < -0.4 is 25.0 Å². The number of anilines is 1. The van der Waals surface area contributed by atoms with Crippen LogP contribution in [-0.4, -0.2) is 37.7 Å². The van der Waals surface area contributed by atoms with E-state index in [1.165, 1.54) is 13.3 Å². The minimum Gasteiger partial charge on any atom is -0.497 e. The van der Waals surface area contributed by atoms with Gasteiger partial charge in [-0.1, -0.05) is 0 Å². The van der Waals surface area contributed by atoms with Crippen molar-refractivity contribution in [3.8, 4) is 17.2 Å². The molecular formula is C25H23N3O6. The van der Waals surface area contributed by atoms with Gasteiger partial charge < -0.3 is 19.5 Å². The van der Waals surface area contributed by atoms with Crippen LogP contribution in [0.2, 0.25) is 0 Å². The molecule has 3 rings (SSSR count). The molecular weight excluding hydrogens is 438 g/mol. The molecule has 0 aromatic heterocycles. The maximum Gasteiger partial charge on any atom is 0.343 e. The van der Waals surface area contributed by atoms with Crippen LogP contribution in [0.5, 0.6) is 17.2 Å². The van der Waals surface area contributed by atoms with Gasteiger partial charge in [0.15, 0.2) is 0 Å². The third kappa shape index (κ3) is 6.92. The molecule has 2 amide bonds. The number of benzene rings is 3. The fraction of sp³-hybridized carbons (Fsp3) is 0.120. The molecule has 3 aromatic carbocycles. The molecule has 9 heteroatoms. The number of carbonyl (C=O) groups is 3. The van der Waals surface area contributed by atoms with Crippen LogP contribution in [-0.2, 0) is 9.59 Å². The number of rotatable bonds is 8. The minimum atomic E-state index is -0.923. The third-order valence-corrected chi connectivity index (χ3v) is 4.43. The number of esters is 1. The van der Waals surface area contributed by atoms with Crippen LogP contribution in [0.1, 0.15) is 22.8 Å². The van der Waals surface area contributed by atoms with E-state index in [0.717, 1.165) is 0 Å². The van der Waals surface area contributed by atoms with E-state index in [2.05, 4.69) is 15.8 Å². The molecule has 0 atom stereocenters. The Morgan fingerprint density at radius 1 is 0.824 bits per heavy atom. The zero-order valence-corrected chi connectivity index (χ0v) is 18.6. The van der Waals surface area contributed by atoms with E-state index in [4.69, 9.17) is 14.2 Å². The molecule has 0 fully saturated rings. The fourth-order valence-corrected chi connectivity index (χ4v) is 2.72. The Hall–Kier alpha value is -4.66. The van der Waals surface area contributed by atoms with Gasteiger partial charge in [0.05, 0.1) is 25.5 Å². The van der Waals surface area contributed by atoms with Crippen LogP contribution in [0.3, 0.4) is 0 Å². The van der Waals surface area contributed by atoms with Gasteiger partial charge in [-0.25, -0.2) is 10.2 Å². The molecule has 0 aliphatic carbocycles. The first-order valence-corrected chi connectivity index (χ1v) is 10.3. The summed E-state index contributed by atoms with van der Waals surface area (Å²) in [6, 6.07) is 19.7. The second-order valence-electron chi connectivity index (χ2n) is 6.80. The van der Waals surface area contributed by atoms with Crippen molar-refractivity contribution in [2.24, 2.45) is 5.10 Å². The number of hydrogen-bond acceptors (Lipinski definition) is 7. The Morgan fingerprint density at radius 2 is 1.44 bits per heavy atom. The van der Waals surface area contributed by atoms with Crippen molar-refractivity contribution in [3.05, 3.63) is 83.9 Å². The SMILES string of the molecule is CCOc1ccc(C(=O)Oc2ccc(C=NNC(=O)C(=O)Nc3ccc(OC)cc3)cc2)cc1. The van der Waals surface area contributed by atoms with Crippen LogP contribution >= 0.6 is 0 Å². The van der Waals surface area contributed by atoms with Gasteiger partial charge in [0.25, 0.3) is 0 Å². The molecule has 0 spiro atoms. The average Bonchev–Trinajstić information content (AvgIpc) is 2.86. The maximum absolute atomic E-state index is 12.3. The molecule has 3 aromatic rings. The van der Waals surface area contributed by atoms with Crippen LogP contribution in [0.4, 0.5) is 5.69 Å². The first-order valence-electron chi connectivity index (χ1n) is 10.3. The van der Waals surface area contributed by atoms with E-state index in [1.54, 1.807) is 72.8 Å². The van der Waals surface area contributed by atoms with Crippen molar-refractivity contribution in [3.63, 3.8) is 0 Å². The number of methoxy groups -OCH3 is 1. The van der Waals surface area contributed by atoms with Gasteiger partial charge in [0, 0.05) is 5.69 Å². The predicted octanol–water partition coefficient (Wildman–Crippen LogP) is 3.40. The summed E-state index contributed by atoms with van der Waals surface area (Å²) in [4.78, 5) is 36.1. The summed E-state index contributed by atoms with van der Waals surface area (Å²) < 4.78 is 15.7. The van der Waals surface area contributed by atoms with E-state index < -0.39 is 17.8 Å². The first-order chi connectivity index (χ1) is 16.5. The van der Waals surface area contributed by atoms with Crippen LogP contribution in [0.15, 0.2) is 77.9 Å². The highest BCUT2D eigenvalue weighted by atomic mass is 16.5. The summed E-state index contributed by atoms with van der Waals surface area (Å²) in [5.41, 5.74) is 3.61. The molecule has 0 bridgehead atoms. The van der Waals surface area contributed by atoms with E-state index in [0.29, 0.717) is 40.7 Å². The lowest BCUT2D eigenvalue weighted by Crippen LogP contribution is -2.32. The summed E-state index contributed by atoms with van der Waals surface area (Å²) in [7, 11) is 1.53. The molecule has 0 radical (unpaired) electrons. The van der Waals surface area contributed by atoms with Crippen molar-refractivity contribution >= 4 is 29.7 Å². The third-order valence-electron chi connectivity index (χ3n) is 4.43. The Morgan fingerprint density at radius 3 is 2.06 bits per heavy atom. The van der Waals surface area contributed by atoms with Crippen molar-refractivity contribution in [2.75, 3.05) is 19.0 Å². The van der Waals surface area contributed by atoms with Gasteiger partial charge in [-0.15, -0.1) is 0 Å². The molecule has 0 aliphatic rings. The van der Waals surface area contributed by atoms with Gasteiger partial charge in [-0.3, -0.25) is 9.59 Å². The second-order valence-corrected chi connectivity index (χ2v) is 6.80.